The second-order valence-electron chi connectivity index (χ2n) is 8.19. The maximum Gasteiger partial charge on any atom is 0.257 e. The summed E-state index contributed by atoms with van der Waals surface area (Å²) >= 11 is 0. The highest BCUT2D eigenvalue weighted by molar-refractivity contribution is 5.95. The molecular weight excluding hydrogens is 420 g/mol. The van der Waals surface area contributed by atoms with Gasteiger partial charge in [0.05, 0.1) is 0 Å². The van der Waals surface area contributed by atoms with E-state index in [4.69, 9.17) is 0 Å². The number of benzene rings is 1. The summed E-state index contributed by atoms with van der Waals surface area (Å²) < 4.78 is 28.5. The molecule has 1 aromatic heterocycles. The number of aromatic nitrogens is 1. The van der Waals surface area contributed by atoms with Crippen molar-refractivity contribution in [2.24, 2.45) is 5.92 Å². The summed E-state index contributed by atoms with van der Waals surface area (Å²) in [6, 6.07) is 2.74. The standard InChI is InChI=1S/C23H27F2N3O4/c1-3-14-5-4-8-27(2)12-19(14)28-11-17(21(30)22(31)20(28)13-29)23(32)26-10-15-6-7-16(24)9-18(15)25/h6-7,9,11,13-14,19,31H,3-5,8,10,12H2,1-2H3,(H,26,32). The van der Waals surface area contributed by atoms with Gasteiger partial charge in [-0.25, -0.2) is 8.78 Å². The summed E-state index contributed by atoms with van der Waals surface area (Å²) in [6.07, 6.45) is 4.43. The molecule has 3 rings (SSSR count). The van der Waals surface area contributed by atoms with Crippen molar-refractivity contribution in [1.82, 2.24) is 14.8 Å². The third-order valence-electron chi connectivity index (χ3n) is 6.10. The van der Waals surface area contributed by atoms with E-state index < -0.39 is 28.7 Å². The van der Waals surface area contributed by atoms with Crippen LogP contribution >= 0.6 is 0 Å². The Balaban J connectivity index is 1.97. The lowest BCUT2D eigenvalue weighted by Gasteiger charge is -2.30. The molecule has 1 saturated heterocycles. The first-order valence-corrected chi connectivity index (χ1v) is 10.6. The molecule has 1 amide bonds. The van der Waals surface area contributed by atoms with Crippen molar-refractivity contribution in [3.8, 4) is 5.75 Å². The number of nitrogens with one attached hydrogen (secondary N) is 1. The summed E-state index contributed by atoms with van der Waals surface area (Å²) in [6.45, 7) is 3.23. The first kappa shape index (κ1) is 23.6. The van der Waals surface area contributed by atoms with Gasteiger partial charge in [-0.1, -0.05) is 19.4 Å². The normalized spacial score (nSPS) is 19.4. The third kappa shape index (κ3) is 4.88. The van der Waals surface area contributed by atoms with Crippen molar-refractivity contribution in [3.63, 3.8) is 0 Å². The first-order chi connectivity index (χ1) is 15.3. The molecule has 9 heteroatoms. The fourth-order valence-corrected chi connectivity index (χ4v) is 4.29. The zero-order valence-corrected chi connectivity index (χ0v) is 18.1. The number of likely N-dealkylation sites (tertiary alicyclic amines) is 1. The average molecular weight is 447 g/mol. The monoisotopic (exact) mass is 447 g/mol. The summed E-state index contributed by atoms with van der Waals surface area (Å²) in [7, 11) is 1.96. The molecule has 2 unspecified atom stereocenters. The van der Waals surface area contributed by atoms with Crippen LogP contribution in [0, 0.1) is 17.6 Å². The van der Waals surface area contributed by atoms with Gasteiger partial charge in [0, 0.05) is 37.0 Å². The average Bonchev–Trinajstić information content (AvgIpc) is 2.95. The molecule has 0 radical (unpaired) electrons. The van der Waals surface area contributed by atoms with Crippen molar-refractivity contribution < 1.29 is 23.5 Å². The Morgan fingerprint density at radius 3 is 2.75 bits per heavy atom. The highest BCUT2D eigenvalue weighted by atomic mass is 19.1. The van der Waals surface area contributed by atoms with Crippen molar-refractivity contribution in [2.45, 2.75) is 38.8 Å². The minimum absolute atomic E-state index is 0.0465. The molecule has 0 saturated carbocycles. The van der Waals surface area contributed by atoms with Crippen LogP contribution in [0.4, 0.5) is 8.78 Å². The number of likely N-dealkylation sites (N-methyl/N-ethyl adjacent to an activating group) is 1. The Morgan fingerprint density at radius 2 is 2.09 bits per heavy atom. The molecule has 7 nitrogen and oxygen atoms in total. The van der Waals surface area contributed by atoms with E-state index in [0.29, 0.717) is 18.9 Å². The lowest BCUT2D eigenvalue weighted by molar-refractivity contribution is 0.0945. The van der Waals surface area contributed by atoms with Gasteiger partial charge in [-0.15, -0.1) is 0 Å². The first-order valence-electron chi connectivity index (χ1n) is 10.6. The number of amides is 1. The van der Waals surface area contributed by atoms with E-state index in [1.165, 1.54) is 16.8 Å². The Hall–Kier alpha value is -3.07. The Morgan fingerprint density at radius 1 is 1.34 bits per heavy atom. The van der Waals surface area contributed by atoms with Gasteiger partial charge < -0.3 is 19.9 Å². The largest absolute Gasteiger partial charge is 0.503 e. The van der Waals surface area contributed by atoms with Crippen LogP contribution in [-0.4, -0.2) is 46.9 Å². The number of carbonyl (C=O) groups is 2. The van der Waals surface area contributed by atoms with Crippen molar-refractivity contribution in [3.05, 3.63) is 63.1 Å². The number of pyridine rings is 1. The molecule has 1 fully saturated rings. The molecule has 2 heterocycles. The molecule has 32 heavy (non-hydrogen) atoms. The summed E-state index contributed by atoms with van der Waals surface area (Å²) in [5.74, 6) is -3.00. The predicted octanol–water partition coefficient (Wildman–Crippen LogP) is 2.87. The van der Waals surface area contributed by atoms with E-state index in [9.17, 15) is 28.3 Å². The van der Waals surface area contributed by atoms with Crippen LogP contribution in [0.2, 0.25) is 0 Å². The molecular formula is C23H27F2N3O4. The second kappa shape index (κ2) is 10.0. The predicted molar refractivity (Wildman–Crippen MR) is 115 cm³/mol. The van der Waals surface area contributed by atoms with Crippen LogP contribution in [0.3, 0.4) is 0 Å². The number of halogens is 2. The van der Waals surface area contributed by atoms with Crippen molar-refractivity contribution in [2.75, 3.05) is 20.1 Å². The number of nitrogens with zero attached hydrogens (tertiary/aromatic N) is 2. The molecule has 1 aliphatic heterocycles. The Bertz CT molecular complexity index is 1070. The van der Waals surface area contributed by atoms with Gasteiger partial charge in [-0.2, -0.15) is 0 Å². The van der Waals surface area contributed by atoms with Crippen LogP contribution in [0.25, 0.3) is 0 Å². The molecule has 0 aliphatic carbocycles. The van der Waals surface area contributed by atoms with Crippen LogP contribution in [-0.2, 0) is 6.54 Å². The van der Waals surface area contributed by atoms with Gasteiger partial charge in [-0.05, 0) is 38.4 Å². The van der Waals surface area contributed by atoms with Gasteiger partial charge in [0.25, 0.3) is 5.91 Å². The summed E-state index contributed by atoms with van der Waals surface area (Å²) in [4.78, 5) is 39.2. The topological polar surface area (TPSA) is 91.6 Å². The minimum Gasteiger partial charge on any atom is -0.503 e. The SMILES string of the molecule is CCC1CCCN(C)CC1n1cc(C(=O)NCc2ccc(F)cc2F)c(=O)c(O)c1C=O. The third-order valence-corrected chi connectivity index (χ3v) is 6.10. The second-order valence-corrected chi connectivity index (χ2v) is 8.19. The fraction of sp³-hybridized carbons (Fsp3) is 0.435. The van der Waals surface area contributed by atoms with E-state index in [1.54, 1.807) is 0 Å². The molecule has 0 spiro atoms. The smallest absolute Gasteiger partial charge is 0.257 e. The molecule has 1 aromatic carbocycles. The van der Waals surface area contributed by atoms with Crippen LogP contribution < -0.4 is 10.7 Å². The number of hydrogen-bond donors (Lipinski definition) is 2. The van der Waals surface area contributed by atoms with Gasteiger partial charge in [-0.3, -0.25) is 14.4 Å². The van der Waals surface area contributed by atoms with Crippen LogP contribution in [0.5, 0.6) is 5.75 Å². The van der Waals surface area contributed by atoms with E-state index in [1.807, 2.05) is 14.0 Å². The number of aromatic hydroxyl groups is 1. The molecule has 2 N–H and O–H groups in total. The molecule has 2 aromatic rings. The molecule has 172 valence electrons. The summed E-state index contributed by atoms with van der Waals surface area (Å²) in [5.41, 5.74) is -1.45. The highest BCUT2D eigenvalue weighted by Crippen LogP contribution is 2.32. The van der Waals surface area contributed by atoms with E-state index >= 15 is 0 Å². The number of hydrogen-bond acceptors (Lipinski definition) is 5. The highest BCUT2D eigenvalue weighted by Gasteiger charge is 2.30. The zero-order chi connectivity index (χ0) is 23.4. The fourth-order valence-electron chi connectivity index (χ4n) is 4.29. The van der Waals surface area contributed by atoms with E-state index in [2.05, 4.69) is 10.2 Å². The van der Waals surface area contributed by atoms with Crippen molar-refractivity contribution >= 4 is 12.2 Å². The molecule has 2 atom stereocenters. The minimum atomic E-state index is -0.976. The van der Waals surface area contributed by atoms with Gasteiger partial charge in [0.15, 0.2) is 12.0 Å². The Labute approximate surface area is 184 Å². The van der Waals surface area contributed by atoms with Crippen molar-refractivity contribution in [1.29, 1.82) is 0 Å². The zero-order valence-electron chi connectivity index (χ0n) is 18.1. The van der Waals surface area contributed by atoms with Gasteiger partial charge >= 0.3 is 0 Å². The maximum absolute atomic E-state index is 13.9. The molecule has 0 bridgehead atoms. The Kier molecular flexibility index (Phi) is 7.40. The van der Waals surface area contributed by atoms with Gasteiger partial charge in [0.1, 0.15) is 22.9 Å². The van der Waals surface area contributed by atoms with E-state index in [0.717, 1.165) is 31.9 Å². The van der Waals surface area contributed by atoms with E-state index in [-0.39, 0.29) is 35.3 Å². The number of aldehydes is 1. The maximum atomic E-state index is 13.9. The molecule has 1 aliphatic rings. The summed E-state index contributed by atoms with van der Waals surface area (Å²) in [5, 5.41) is 12.9. The quantitative estimate of drug-likeness (QED) is 0.665. The van der Waals surface area contributed by atoms with Crippen LogP contribution in [0.15, 0.2) is 29.2 Å². The van der Waals surface area contributed by atoms with Crippen LogP contribution in [0.1, 0.15) is 58.6 Å². The lowest BCUT2D eigenvalue weighted by Crippen LogP contribution is -2.35. The number of rotatable bonds is 6. The lowest BCUT2D eigenvalue weighted by atomic mass is 9.92. The number of carbonyl (C=O) groups excluding carboxylic acids is 2. The van der Waals surface area contributed by atoms with Gasteiger partial charge in [0.2, 0.25) is 5.43 Å².